The molecule has 21 heavy (non-hydrogen) atoms. The van der Waals surface area contributed by atoms with Crippen LogP contribution in [0.15, 0.2) is 18.2 Å². The zero-order chi connectivity index (χ0) is 15.4. The Morgan fingerprint density at radius 1 is 1.43 bits per heavy atom. The molecule has 0 aliphatic rings. The van der Waals surface area contributed by atoms with E-state index in [1.165, 1.54) is 12.1 Å². The van der Waals surface area contributed by atoms with Crippen LogP contribution in [-0.2, 0) is 0 Å². The summed E-state index contributed by atoms with van der Waals surface area (Å²) in [5.41, 5.74) is 0.816. The lowest BCUT2D eigenvalue weighted by molar-refractivity contribution is -0.384. The fraction of sp³-hybridized carbons (Fsp3) is 0.429. The van der Waals surface area contributed by atoms with Crippen LogP contribution in [0.2, 0.25) is 0 Å². The molecule has 1 aromatic carbocycles. The minimum absolute atomic E-state index is 0.0467. The van der Waals surface area contributed by atoms with E-state index in [2.05, 4.69) is 17.1 Å². The number of rotatable bonds is 6. The summed E-state index contributed by atoms with van der Waals surface area (Å²) in [7, 11) is 0. The number of aromatic nitrogens is 2. The molecule has 7 nitrogen and oxygen atoms in total. The molecule has 1 aromatic heterocycles. The molecular weight excluding hydrogens is 272 g/mol. The van der Waals surface area contributed by atoms with Crippen LogP contribution in [0, 0.1) is 10.1 Å². The van der Waals surface area contributed by atoms with Gasteiger partial charge in [0.2, 0.25) is 0 Å². The van der Waals surface area contributed by atoms with Crippen LogP contribution in [0.3, 0.4) is 0 Å². The average molecular weight is 290 g/mol. The second-order valence-corrected chi connectivity index (χ2v) is 4.80. The summed E-state index contributed by atoms with van der Waals surface area (Å²) in [5.74, 6) is -0.197. The lowest BCUT2D eigenvalue weighted by atomic mass is 10.1. The van der Waals surface area contributed by atoms with Gasteiger partial charge in [-0.1, -0.05) is 13.3 Å². The van der Waals surface area contributed by atoms with Gasteiger partial charge in [-0.25, -0.2) is 0 Å². The van der Waals surface area contributed by atoms with Gasteiger partial charge in [0.05, 0.1) is 10.4 Å². The second-order valence-electron chi connectivity index (χ2n) is 4.80. The first-order valence-corrected chi connectivity index (χ1v) is 7.00. The van der Waals surface area contributed by atoms with Crippen molar-refractivity contribution in [2.24, 2.45) is 0 Å². The quantitative estimate of drug-likeness (QED) is 0.654. The average Bonchev–Trinajstić information content (AvgIpc) is 2.90. The third-order valence-corrected chi connectivity index (χ3v) is 3.41. The Morgan fingerprint density at radius 3 is 2.81 bits per heavy atom. The largest absolute Gasteiger partial charge is 0.338 e. The fourth-order valence-corrected chi connectivity index (χ4v) is 2.18. The van der Waals surface area contributed by atoms with Crippen molar-refractivity contribution in [2.45, 2.75) is 26.7 Å². The fourth-order valence-electron chi connectivity index (χ4n) is 2.18. The third-order valence-electron chi connectivity index (χ3n) is 3.41. The number of fused-ring (bicyclic) bond motifs is 1. The molecule has 0 aliphatic heterocycles. The first-order chi connectivity index (χ1) is 10.1. The summed E-state index contributed by atoms with van der Waals surface area (Å²) in [6.07, 6.45) is 1.92. The minimum Gasteiger partial charge on any atom is -0.338 e. The molecule has 0 fully saturated rings. The Morgan fingerprint density at radius 2 is 2.19 bits per heavy atom. The molecule has 0 bridgehead atoms. The molecule has 2 aromatic rings. The predicted molar refractivity (Wildman–Crippen MR) is 79.2 cm³/mol. The molecule has 2 rings (SSSR count). The summed E-state index contributed by atoms with van der Waals surface area (Å²) in [6, 6.07) is 4.35. The number of carbonyl (C=O) groups excluding carboxylic acids is 1. The Kier molecular flexibility index (Phi) is 4.52. The lowest BCUT2D eigenvalue weighted by Crippen LogP contribution is -2.32. The minimum atomic E-state index is -0.477. The maximum absolute atomic E-state index is 12.5. The lowest BCUT2D eigenvalue weighted by Gasteiger charge is -2.19. The molecule has 0 aliphatic carbocycles. The van der Waals surface area contributed by atoms with Crippen LogP contribution in [0.1, 0.15) is 37.2 Å². The van der Waals surface area contributed by atoms with Crippen LogP contribution in [0.4, 0.5) is 5.69 Å². The molecule has 1 N–H and O–H groups in total. The number of nitro groups is 1. The number of hydrogen-bond donors (Lipinski definition) is 1. The number of non-ortho nitro benzene ring substituents is 1. The van der Waals surface area contributed by atoms with E-state index in [1.807, 2.05) is 6.92 Å². The summed E-state index contributed by atoms with van der Waals surface area (Å²) in [4.78, 5) is 24.6. The van der Waals surface area contributed by atoms with E-state index in [-0.39, 0.29) is 17.3 Å². The number of nitrogens with zero attached hydrogens (tertiary/aromatic N) is 3. The highest BCUT2D eigenvalue weighted by Crippen LogP contribution is 2.23. The topological polar surface area (TPSA) is 92.1 Å². The summed E-state index contributed by atoms with van der Waals surface area (Å²) >= 11 is 0. The van der Waals surface area contributed by atoms with Gasteiger partial charge in [0.15, 0.2) is 5.69 Å². The van der Waals surface area contributed by atoms with Crippen LogP contribution >= 0.6 is 0 Å². The smallest absolute Gasteiger partial charge is 0.274 e. The van der Waals surface area contributed by atoms with E-state index in [4.69, 9.17) is 0 Å². The van der Waals surface area contributed by atoms with Gasteiger partial charge in [-0.15, -0.1) is 0 Å². The Labute approximate surface area is 122 Å². The van der Waals surface area contributed by atoms with Crippen molar-refractivity contribution in [1.29, 1.82) is 0 Å². The van der Waals surface area contributed by atoms with Gasteiger partial charge in [0.25, 0.3) is 11.6 Å². The molecule has 112 valence electrons. The van der Waals surface area contributed by atoms with Crippen molar-refractivity contribution < 1.29 is 9.72 Å². The predicted octanol–water partition coefficient (Wildman–Crippen LogP) is 2.73. The van der Waals surface area contributed by atoms with Crippen LogP contribution in [0.25, 0.3) is 10.9 Å². The molecule has 0 saturated heterocycles. The normalized spacial score (nSPS) is 10.8. The summed E-state index contributed by atoms with van der Waals surface area (Å²) < 4.78 is 0. The van der Waals surface area contributed by atoms with E-state index >= 15 is 0 Å². The van der Waals surface area contributed by atoms with E-state index in [1.54, 1.807) is 11.0 Å². The van der Waals surface area contributed by atoms with Gasteiger partial charge in [-0.3, -0.25) is 20.0 Å². The number of aromatic amines is 1. The van der Waals surface area contributed by atoms with E-state index in [0.717, 1.165) is 12.8 Å². The zero-order valence-electron chi connectivity index (χ0n) is 12.1. The number of H-pyrrole nitrogens is 1. The number of hydrogen-bond acceptors (Lipinski definition) is 4. The van der Waals surface area contributed by atoms with Crippen LogP contribution in [-0.4, -0.2) is 39.0 Å². The first-order valence-electron chi connectivity index (χ1n) is 7.00. The summed E-state index contributed by atoms with van der Waals surface area (Å²) in [5, 5.41) is 18.1. The van der Waals surface area contributed by atoms with Crippen molar-refractivity contribution in [3.8, 4) is 0 Å². The van der Waals surface area contributed by atoms with Gasteiger partial charge in [-0.05, 0) is 19.4 Å². The molecule has 7 heteroatoms. The SMILES string of the molecule is CCCCN(CC)C(=O)c1n[nH]c2ccc([N+](=O)[O-])cc12. The number of nitrogens with one attached hydrogen (secondary N) is 1. The molecule has 0 radical (unpaired) electrons. The van der Waals surface area contributed by atoms with Gasteiger partial charge in [-0.2, -0.15) is 5.10 Å². The highest BCUT2D eigenvalue weighted by molar-refractivity contribution is 6.05. The Balaban J connectivity index is 2.38. The first kappa shape index (κ1) is 15.0. The van der Waals surface area contributed by atoms with Crippen molar-refractivity contribution >= 4 is 22.5 Å². The van der Waals surface area contributed by atoms with Crippen molar-refractivity contribution in [2.75, 3.05) is 13.1 Å². The third kappa shape index (κ3) is 3.01. The molecule has 0 unspecified atom stereocenters. The number of unbranched alkanes of at least 4 members (excludes halogenated alkanes) is 1. The monoisotopic (exact) mass is 290 g/mol. The maximum atomic E-state index is 12.5. The van der Waals surface area contributed by atoms with Crippen LogP contribution < -0.4 is 0 Å². The van der Waals surface area contributed by atoms with Gasteiger partial charge < -0.3 is 4.90 Å². The van der Waals surface area contributed by atoms with Crippen LogP contribution in [0.5, 0.6) is 0 Å². The molecule has 0 atom stereocenters. The van der Waals surface area contributed by atoms with E-state index in [9.17, 15) is 14.9 Å². The maximum Gasteiger partial charge on any atom is 0.274 e. The highest BCUT2D eigenvalue weighted by Gasteiger charge is 2.21. The van der Waals surface area contributed by atoms with Gasteiger partial charge in [0.1, 0.15) is 0 Å². The number of carbonyl (C=O) groups is 1. The van der Waals surface area contributed by atoms with E-state index < -0.39 is 4.92 Å². The second kappa shape index (κ2) is 6.34. The van der Waals surface area contributed by atoms with Crippen molar-refractivity contribution in [1.82, 2.24) is 15.1 Å². The Bertz CT molecular complexity index is 665. The highest BCUT2D eigenvalue weighted by atomic mass is 16.6. The van der Waals surface area contributed by atoms with Gasteiger partial charge in [0, 0.05) is 30.6 Å². The van der Waals surface area contributed by atoms with Crippen molar-refractivity contribution in [3.63, 3.8) is 0 Å². The van der Waals surface area contributed by atoms with Gasteiger partial charge >= 0.3 is 0 Å². The molecule has 0 saturated carbocycles. The molecule has 1 amide bonds. The van der Waals surface area contributed by atoms with E-state index in [0.29, 0.717) is 24.0 Å². The molecule has 0 spiro atoms. The summed E-state index contributed by atoms with van der Waals surface area (Å²) in [6.45, 7) is 5.22. The number of benzene rings is 1. The standard InChI is InChI=1S/C14H18N4O3/c1-3-5-8-17(4-2)14(19)13-11-9-10(18(20)21)6-7-12(11)15-16-13/h6-7,9H,3-5,8H2,1-2H3,(H,15,16). The zero-order valence-corrected chi connectivity index (χ0v) is 12.1. The molecule has 1 heterocycles. The Hall–Kier alpha value is -2.44. The number of amides is 1. The number of nitro benzene ring substituents is 1. The van der Waals surface area contributed by atoms with Crippen molar-refractivity contribution in [3.05, 3.63) is 34.0 Å². The molecular formula is C14H18N4O3.